The molecule has 2 aromatic carbocycles. The Kier molecular flexibility index (Phi) is 6.68. The predicted molar refractivity (Wildman–Crippen MR) is 155 cm³/mol. The molecule has 0 radical (unpaired) electrons. The monoisotopic (exact) mass is 611 g/mol. The van der Waals surface area contributed by atoms with Gasteiger partial charge in [-0.25, -0.2) is 9.37 Å². The third-order valence-electron chi connectivity index (χ3n) is 9.26. The Morgan fingerprint density at radius 1 is 1.17 bits per heavy atom. The largest absolute Gasteiger partial charge is 0.382 e. The van der Waals surface area contributed by atoms with Crippen LogP contribution < -0.4 is 0 Å². The summed E-state index contributed by atoms with van der Waals surface area (Å²) in [5.41, 5.74) is 0.922. The molecule has 3 aliphatic carbocycles. The molecule has 10 heteroatoms. The van der Waals surface area contributed by atoms with E-state index in [0.29, 0.717) is 50.0 Å². The van der Waals surface area contributed by atoms with E-state index in [9.17, 15) is 14.8 Å². The second-order valence-corrected chi connectivity index (χ2v) is 13.8. The summed E-state index contributed by atoms with van der Waals surface area (Å²) >= 11 is 14.4. The molecule has 41 heavy (non-hydrogen) atoms. The van der Waals surface area contributed by atoms with Gasteiger partial charge in [-0.05, 0) is 88.0 Å². The summed E-state index contributed by atoms with van der Waals surface area (Å²) in [6.07, 6.45) is 5.96. The molecule has 0 amide bonds. The fourth-order valence-corrected chi connectivity index (χ4v) is 8.74. The maximum atomic E-state index is 14.7. The average Bonchev–Trinajstić information content (AvgIpc) is 3.44. The van der Waals surface area contributed by atoms with E-state index in [-0.39, 0.29) is 22.9 Å². The number of nitrogens with zero attached hydrogens (tertiary/aromatic N) is 3. The minimum Gasteiger partial charge on any atom is -0.382 e. The SMILES string of the molecule is CC1(OCc2c(-c3c(Cl)cccc3Cl)noc2C2CC2)CCC2CCC(C1)[C@]2(O)c1nc2c(F)cc(C#N)cc2s1. The Labute approximate surface area is 251 Å². The number of ether oxygens (including phenoxy) is 1. The first-order valence-electron chi connectivity index (χ1n) is 14.0. The van der Waals surface area contributed by atoms with Gasteiger partial charge in [-0.1, -0.05) is 34.4 Å². The molecule has 4 atom stereocenters. The van der Waals surface area contributed by atoms with Gasteiger partial charge in [0.2, 0.25) is 0 Å². The smallest absolute Gasteiger partial charge is 0.151 e. The molecule has 212 valence electrons. The van der Waals surface area contributed by atoms with Crippen LogP contribution in [-0.4, -0.2) is 20.8 Å². The van der Waals surface area contributed by atoms with Crippen LogP contribution >= 0.6 is 34.5 Å². The van der Waals surface area contributed by atoms with Gasteiger partial charge in [-0.2, -0.15) is 5.26 Å². The molecule has 2 heterocycles. The van der Waals surface area contributed by atoms with Gasteiger partial charge in [0, 0.05) is 17.0 Å². The lowest BCUT2D eigenvalue weighted by molar-refractivity contribution is -0.0817. The maximum absolute atomic E-state index is 14.7. The van der Waals surface area contributed by atoms with Crippen molar-refractivity contribution < 1.29 is 18.8 Å². The van der Waals surface area contributed by atoms with E-state index in [0.717, 1.165) is 49.8 Å². The van der Waals surface area contributed by atoms with E-state index in [1.807, 2.05) is 6.07 Å². The van der Waals surface area contributed by atoms with Crippen molar-refractivity contribution in [3.05, 3.63) is 68.1 Å². The number of nitriles is 1. The van der Waals surface area contributed by atoms with Crippen molar-refractivity contribution in [2.75, 3.05) is 0 Å². The molecule has 3 fully saturated rings. The Bertz CT molecular complexity index is 1690. The Morgan fingerprint density at radius 2 is 1.93 bits per heavy atom. The van der Waals surface area contributed by atoms with Crippen molar-refractivity contribution in [3.8, 4) is 17.3 Å². The quantitative estimate of drug-likeness (QED) is 0.235. The summed E-state index contributed by atoms with van der Waals surface area (Å²) < 4.78 is 27.9. The van der Waals surface area contributed by atoms with Gasteiger partial charge in [-0.3, -0.25) is 0 Å². The molecule has 3 aliphatic rings. The highest BCUT2D eigenvalue weighted by Gasteiger charge is 2.56. The zero-order chi connectivity index (χ0) is 28.5. The lowest BCUT2D eigenvalue weighted by Gasteiger charge is -2.34. The number of thiazole rings is 1. The fraction of sp³-hybridized carbons (Fsp3) is 0.452. The fourth-order valence-electron chi connectivity index (χ4n) is 6.90. The van der Waals surface area contributed by atoms with E-state index in [1.165, 1.54) is 17.4 Å². The van der Waals surface area contributed by atoms with Crippen molar-refractivity contribution in [2.24, 2.45) is 11.8 Å². The zero-order valence-electron chi connectivity index (χ0n) is 22.4. The third kappa shape index (κ3) is 4.58. The second kappa shape index (κ2) is 10.0. The van der Waals surface area contributed by atoms with E-state index >= 15 is 0 Å². The molecular formula is C31H28Cl2FN3O3S. The van der Waals surface area contributed by atoms with Crippen LogP contribution in [-0.2, 0) is 16.9 Å². The van der Waals surface area contributed by atoms with Crippen LogP contribution in [0.25, 0.3) is 21.5 Å². The van der Waals surface area contributed by atoms with Crippen LogP contribution in [0.5, 0.6) is 0 Å². The van der Waals surface area contributed by atoms with Gasteiger partial charge in [0.05, 0.1) is 38.6 Å². The maximum Gasteiger partial charge on any atom is 0.151 e. The lowest BCUT2D eigenvalue weighted by atomic mass is 9.82. The standard InChI is InChI=1S/C31H28Cl2FN3O3S/c1-30(39-15-20-26(37-40-28(20)17-5-6-17)25-21(32)3-2-4-22(25)33)10-9-18-7-8-19(13-30)31(18,38)29-36-27-23(34)11-16(14-35)12-24(27)41-29/h2-4,11-12,17-19,38H,5-10,13,15H2,1H3/t18?,19?,30?,31-/m0/s1. The minimum absolute atomic E-state index is 0.00732. The highest BCUT2D eigenvalue weighted by Crippen LogP contribution is 2.57. The topological polar surface area (TPSA) is 92.2 Å². The molecule has 7 rings (SSSR count). The van der Waals surface area contributed by atoms with Crippen LogP contribution in [0.1, 0.15) is 79.7 Å². The van der Waals surface area contributed by atoms with Gasteiger partial charge in [0.15, 0.2) is 5.82 Å². The van der Waals surface area contributed by atoms with Gasteiger partial charge >= 0.3 is 0 Å². The highest BCUT2D eigenvalue weighted by atomic mass is 35.5. The number of rotatable bonds is 6. The summed E-state index contributed by atoms with van der Waals surface area (Å²) in [5, 5.41) is 27.5. The summed E-state index contributed by atoms with van der Waals surface area (Å²) in [6.45, 7) is 2.40. The number of fused-ring (bicyclic) bond motifs is 3. The van der Waals surface area contributed by atoms with Gasteiger partial charge in [-0.15, -0.1) is 11.3 Å². The zero-order valence-corrected chi connectivity index (χ0v) is 24.8. The molecule has 6 nitrogen and oxygen atoms in total. The van der Waals surface area contributed by atoms with Crippen LogP contribution in [0.15, 0.2) is 34.9 Å². The van der Waals surface area contributed by atoms with E-state index < -0.39 is 17.0 Å². The summed E-state index contributed by atoms with van der Waals surface area (Å²) in [6, 6.07) is 10.2. The van der Waals surface area contributed by atoms with Crippen LogP contribution in [0, 0.1) is 29.0 Å². The number of aliphatic hydroxyl groups is 1. The highest BCUT2D eigenvalue weighted by molar-refractivity contribution is 7.18. The first kappa shape index (κ1) is 27.3. The Morgan fingerprint density at radius 3 is 2.66 bits per heavy atom. The Balaban J connectivity index is 1.18. The van der Waals surface area contributed by atoms with Crippen LogP contribution in [0.2, 0.25) is 10.0 Å². The molecule has 1 N–H and O–H groups in total. The van der Waals surface area contributed by atoms with Crippen LogP contribution in [0.4, 0.5) is 4.39 Å². The van der Waals surface area contributed by atoms with E-state index in [1.54, 1.807) is 24.3 Å². The van der Waals surface area contributed by atoms with Crippen molar-refractivity contribution in [1.82, 2.24) is 10.1 Å². The van der Waals surface area contributed by atoms with Gasteiger partial charge in [0.1, 0.15) is 27.6 Å². The molecule has 3 saturated carbocycles. The molecule has 2 aromatic heterocycles. The normalized spacial score (nSPS) is 27.7. The second-order valence-electron chi connectivity index (χ2n) is 12.0. The van der Waals surface area contributed by atoms with Crippen molar-refractivity contribution >= 4 is 44.8 Å². The molecule has 4 aromatic rings. The first-order valence-corrected chi connectivity index (χ1v) is 15.6. The molecule has 3 unspecified atom stereocenters. The van der Waals surface area contributed by atoms with Crippen molar-refractivity contribution in [2.45, 2.75) is 75.6 Å². The lowest BCUT2D eigenvalue weighted by Crippen LogP contribution is -2.38. The number of halogens is 3. The molecule has 0 spiro atoms. The van der Waals surface area contributed by atoms with E-state index in [4.69, 9.17) is 32.5 Å². The van der Waals surface area contributed by atoms with Crippen LogP contribution in [0.3, 0.4) is 0 Å². The molecule has 0 aliphatic heterocycles. The van der Waals surface area contributed by atoms with Crippen molar-refractivity contribution in [3.63, 3.8) is 0 Å². The number of aromatic nitrogens is 2. The number of benzene rings is 2. The number of hydrogen-bond donors (Lipinski definition) is 1. The number of hydrogen-bond acceptors (Lipinski definition) is 7. The van der Waals surface area contributed by atoms with Gasteiger partial charge in [0.25, 0.3) is 0 Å². The summed E-state index contributed by atoms with van der Waals surface area (Å²) in [4.78, 5) is 4.60. The molecular weight excluding hydrogens is 584 g/mol. The Hall–Kier alpha value is -2.54. The predicted octanol–water partition coefficient (Wildman–Crippen LogP) is 8.52. The third-order valence-corrected chi connectivity index (χ3v) is 11.0. The molecule has 2 bridgehead atoms. The summed E-state index contributed by atoms with van der Waals surface area (Å²) in [7, 11) is 0. The van der Waals surface area contributed by atoms with Gasteiger partial charge < -0.3 is 14.4 Å². The first-order chi connectivity index (χ1) is 19.7. The van der Waals surface area contributed by atoms with E-state index in [2.05, 4.69) is 17.1 Å². The summed E-state index contributed by atoms with van der Waals surface area (Å²) in [5.74, 6) is 0.516. The average molecular weight is 613 g/mol. The minimum atomic E-state index is -1.17. The molecule has 0 saturated heterocycles. The van der Waals surface area contributed by atoms with Crippen molar-refractivity contribution in [1.29, 1.82) is 5.26 Å².